The fourth-order valence-corrected chi connectivity index (χ4v) is 2.84. The summed E-state index contributed by atoms with van der Waals surface area (Å²) in [5, 5.41) is 0. The number of rotatable bonds is 1. The number of hydrogen-bond acceptors (Lipinski definition) is 1. The van der Waals surface area contributed by atoms with E-state index in [2.05, 4.69) is 20.8 Å². The van der Waals surface area contributed by atoms with E-state index in [1.165, 1.54) is 25.7 Å². The molecule has 2 fully saturated rings. The first-order chi connectivity index (χ1) is 5.77. The predicted molar refractivity (Wildman–Crippen MR) is 51.3 cm³/mol. The molecule has 2 rings (SSSR count). The minimum atomic E-state index is 0.351. The third-order valence-electron chi connectivity index (χ3n) is 2.88. The van der Waals surface area contributed by atoms with Crippen molar-refractivity contribution in [3.8, 4) is 0 Å². The summed E-state index contributed by atoms with van der Waals surface area (Å²) in [6.07, 6.45) is 5.77. The maximum Gasteiger partial charge on any atom is 0.224 e. The predicted octanol–water partition coefficient (Wildman–Crippen LogP) is 1.92. The maximum absolute atomic E-state index is 11.5. The minimum absolute atomic E-state index is 0.351. The molecule has 0 aromatic rings. The van der Waals surface area contributed by atoms with Crippen molar-refractivity contribution in [2.24, 2.45) is 0 Å². The zero-order chi connectivity index (χ0) is 8.55. The average molecular weight is 232 g/mol. The molecular weight excluding hydrogens is 218 g/mol. The van der Waals surface area contributed by atoms with Crippen LogP contribution in [0.3, 0.4) is 0 Å². The number of carbonyl (C=O) groups is 1. The van der Waals surface area contributed by atoms with Gasteiger partial charge in [-0.3, -0.25) is 4.79 Å². The topological polar surface area (TPSA) is 20.3 Å². The van der Waals surface area contributed by atoms with Gasteiger partial charge in [0.15, 0.2) is 0 Å². The summed E-state index contributed by atoms with van der Waals surface area (Å²) in [5.74, 6) is 0.351. The first-order valence-electron chi connectivity index (χ1n) is 4.71. The number of likely N-dealkylation sites (tertiary alicyclic amines) is 1. The second-order valence-corrected chi connectivity index (χ2v) is 5.08. The summed E-state index contributed by atoms with van der Waals surface area (Å²) in [6.45, 7) is 0.934. The Morgan fingerprint density at radius 3 is 2.50 bits per heavy atom. The molecule has 1 atom stereocenters. The van der Waals surface area contributed by atoms with Crippen LogP contribution in [0.1, 0.15) is 32.1 Å². The van der Waals surface area contributed by atoms with Crippen molar-refractivity contribution in [1.82, 2.24) is 4.90 Å². The molecule has 0 radical (unpaired) electrons. The molecule has 0 aromatic heterocycles. The highest BCUT2D eigenvalue weighted by atomic mass is 79.9. The first-order valence-corrected chi connectivity index (χ1v) is 5.62. The van der Waals surface area contributed by atoms with Crippen LogP contribution in [0.4, 0.5) is 0 Å². The van der Waals surface area contributed by atoms with Gasteiger partial charge in [0.2, 0.25) is 5.91 Å². The molecule has 0 N–H and O–H groups in total. The summed E-state index contributed by atoms with van der Waals surface area (Å²) < 4.78 is 0. The van der Waals surface area contributed by atoms with Gasteiger partial charge < -0.3 is 4.90 Å². The van der Waals surface area contributed by atoms with E-state index in [1.807, 2.05) is 0 Å². The number of nitrogens with zero attached hydrogens (tertiary/aromatic N) is 1. The van der Waals surface area contributed by atoms with E-state index >= 15 is 0 Å². The molecule has 1 amide bonds. The zero-order valence-corrected chi connectivity index (χ0v) is 8.72. The van der Waals surface area contributed by atoms with Crippen LogP contribution in [0, 0.1) is 0 Å². The number of amides is 1. The monoisotopic (exact) mass is 231 g/mol. The Morgan fingerprint density at radius 2 is 2.00 bits per heavy atom. The highest BCUT2D eigenvalue weighted by molar-refractivity contribution is 9.09. The Balaban J connectivity index is 1.98. The van der Waals surface area contributed by atoms with Crippen LogP contribution in [-0.4, -0.2) is 28.2 Å². The molecule has 12 heavy (non-hydrogen) atoms. The van der Waals surface area contributed by atoms with Crippen molar-refractivity contribution in [3.05, 3.63) is 0 Å². The summed E-state index contributed by atoms with van der Waals surface area (Å²) in [5.41, 5.74) is 0. The average Bonchev–Trinajstić information content (AvgIpc) is 2.58. The second kappa shape index (κ2) is 3.36. The smallest absolute Gasteiger partial charge is 0.224 e. The number of alkyl halides is 1. The van der Waals surface area contributed by atoms with Gasteiger partial charge in [-0.2, -0.15) is 0 Å². The Hall–Kier alpha value is -0.0500. The Bertz CT molecular complexity index is 189. The van der Waals surface area contributed by atoms with Crippen LogP contribution in [-0.2, 0) is 4.79 Å². The maximum atomic E-state index is 11.5. The lowest BCUT2D eigenvalue weighted by Gasteiger charge is -2.23. The van der Waals surface area contributed by atoms with Crippen LogP contribution in [0.15, 0.2) is 0 Å². The minimum Gasteiger partial charge on any atom is -0.339 e. The Kier molecular flexibility index (Phi) is 2.40. The van der Waals surface area contributed by atoms with E-state index in [-0.39, 0.29) is 0 Å². The summed E-state index contributed by atoms with van der Waals surface area (Å²) in [7, 11) is 0. The standard InChI is InChI=1S/C9H14BrNO/c10-7-5-9(12)11(6-7)8-3-1-2-4-8/h7-8H,1-6H2. The van der Waals surface area contributed by atoms with Crippen molar-refractivity contribution in [3.63, 3.8) is 0 Å². The Morgan fingerprint density at radius 1 is 1.33 bits per heavy atom. The highest BCUT2D eigenvalue weighted by Crippen LogP contribution is 2.29. The van der Waals surface area contributed by atoms with Gasteiger partial charge in [-0.05, 0) is 12.8 Å². The van der Waals surface area contributed by atoms with E-state index in [4.69, 9.17) is 0 Å². The van der Waals surface area contributed by atoms with E-state index in [1.54, 1.807) is 0 Å². The van der Waals surface area contributed by atoms with E-state index in [0.29, 0.717) is 23.2 Å². The Labute approximate surface area is 81.4 Å². The molecule has 0 bridgehead atoms. The molecule has 2 nitrogen and oxygen atoms in total. The first kappa shape index (κ1) is 8.54. The van der Waals surface area contributed by atoms with Crippen molar-refractivity contribution in [2.45, 2.75) is 43.0 Å². The van der Waals surface area contributed by atoms with Crippen molar-refractivity contribution in [2.75, 3.05) is 6.54 Å². The number of carbonyl (C=O) groups excluding carboxylic acids is 1. The lowest BCUT2D eigenvalue weighted by Crippen LogP contribution is -2.34. The molecule has 1 aliphatic heterocycles. The van der Waals surface area contributed by atoms with Crippen LogP contribution < -0.4 is 0 Å². The molecule has 1 aliphatic carbocycles. The lowest BCUT2D eigenvalue weighted by molar-refractivity contribution is -0.129. The molecule has 0 aromatic carbocycles. The van der Waals surface area contributed by atoms with Gasteiger partial charge in [0.05, 0.1) is 0 Å². The van der Waals surface area contributed by atoms with Crippen LogP contribution in [0.25, 0.3) is 0 Å². The summed E-state index contributed by atoms with van der Waals surface area (Å²) >= 11 is 3.50. The molecule has 1 saturated heterocycles. The molecule has 0 spiro atoms. The molecule has 3 heteroatoms. The molecule has 1 saturated carbocycles. The van der Waals surface area contributed by atoms with Gasteiger partial charge in [-0.1, -0.05) is 28.8 Å². The van der Waals surface area contributed by atoms with Gasteiger partial charge >= 0.3 is 0 Å². The van der Waals surface area contributed by atoms with Crippen LogP contribution in [0.2, 0.25) is 0 Å². The van der Waals surface area contributed by atoms with Crippen molar-refractivity contribution >= 4 is 21.8 Å². The van der Waals surface area contributed by atoms with Crippen molar-refractivity contribution < 1.29 is 4.79 Å². The van der Waals surface area contributed by atoms with Gasteiger partial charge in [0, 0.05) is 23.8 Å². The number of halogens is 1. The highest BCUT2D eigenvalue weighted by Gasteiger charge is 2.33. The van der Waals surface area contributed by atoms with Gasteiger partial charge in [-0.25, -0.2) is 0 Å². The van der Waals surface area contributed by atoms with Gasteiger partial charge in [0.1, 0.15) is 0 Å². The van der Waals surface area contributed by atoms with Gasteiger partial charge in [0.25, 0.3) is 0 Å². The fourth-order valence-electron chi connectivity index (χ4n) is 2.26. The summed E-state index contributed by atoms with van der Waals surface area (Å²) in [4.78, 5) is 14.0. The molecular formula is C9H14BrNO. The third kappa shape index (κ3) is 1.51. The largest absolute Gasteiger partial charge is 0.339 e. The van der Waals surface area contributed by atoms with E-state index < -0.39 is 0 Å². The fraction of sp³-hybridized carbons (Fsp3) is 0.889. The second-order valence-electron chi connectivity index (χ2n) is 3.79. The number of hydrogen-bond donors (Lipinski definition) is 0. The molecule has 1 heterocycles. The third-order valence-corrected chi connectivity index (χ3v) is 3.49. The van der Waals surface area contributed by atoms with Crippen molar-refractivity contribution in [1.29, 1.82) is 0 Å². The molecule has 1 unspecified atom stereocenters. The zero-order valence-electron chi connectivity index (χ0n) is 7.13. The molecule has 2 aliphatic rings. The normalized spacial score (nSPS) is 31.9. The quantitative estimate of drug-likeness (QED) is 0.632. The SMILES string of the molecule is O=C1CC(Br)CN1C1CCCC1. The molecule has 68 valence electrons. The van der Waals surface area contributed by atoms with Crippen LogP contribution >= 0.6 is 15.9 Å². The van der Waals surface area contributed by atoms with Gasteiger partial charge in [-0.15, -0.1) is 0 Å². The summed E-state index contributed by atoms with van der Waals surface area (Å²) in [6, 6.07) is 0.569. The lowest BCUT2D eigenvalue weighted by atomic mass is 10.2. The van der Waals surface area contributed by atoms with Crippen LogP contribution in [0.5, 0.6) is 0 Å². The van der Waals surface area contributed by atoms with E-state index in [9.17, 15) is 4.79 Å². The van der Waals surface area contributed by atoms with E-state index in [0.717, 1.165) is 6.54 Å².